The third-order valence-corrected chi connectivity index (χ3v) is 5.12. The smallest absolute Gasteiger partial charge is 0.410 e. The first-order chi connectivity index (χ1) is 12.4. The largest absolute Gasteiger partial charge is 0.444 e. The van der Waals surface area contributed by atoms with E-state index in [4.69, 9.17) is 9.47 Å². The van der Waals surface area contributed by atoms with Gasteiger partial charge in [0, 0.05) is 32.8 Å². The van der Waals surface area contributed by atoms with Crippen LogP contribution in [0.2, 0.25) is 0 Å². The number of nitrogens with one attached hydrogen (secondary N) is 1. The van der Waals surface area contributed by atoms with Gasteiger partial charge in [0.2, 0.25) is 0 Å². The number of fused-ring (bicyclic) bond motifs is 1. The van der Waals surface area contributed by atoms with E-state index >= 15 is 0 Å². The molecule has 3 aliphatic rings. The molecule has 2 fully saturated rings. The van der Waals surface area contributed by atoms with Crippen LogP contribution in [-0.4, -0.2) is 78.9 Å². The maximum atomic E-state index is 12.3. The first-order valence-electron chi connectivity index (χ1n) is 10.1. The van der Waals surface area contributed by atoms with Crippen molar-refractivity contribution in [1.29, 1.82) is 0 Å². The van der Waals surface area contributed by atoms with Crippen LogP contribution in [0.5, 0.6) is 0 Å². The summed E-state index contributed by atoms with van der Waals surface area (Å²) in [5.74, 6) is 0.989. The third-order valence-electron chi connectivity index (χ3n) is 5.12. The Bertz CT molecular complexity index is 511. The van der Waals surface area contributed by atoms with Gasteiger partial charge in [-0.1, -0.05) is 0 Å². The number of carbonyl (C=O) groups excluding carboxylic acids is 1. The number of rotatable bonds is 4. The highest BCUT2D eigenvalue weighted by Crippen LogP contribution is 2.19. The summed E-state index contributed by atoms with van der Waals surface area (Å²) in [6.45, 7) is 10.5. The van der Waals surface area contributed by atoms with Crippen LogP contribution in [0.4, 0.5) is 4.79 Å². The molecule has 2 unspecified atom stereocenters. The lowest BCUT2D eigenvalue weighted by Gasteiger charge is -2.39. The lowest BCUT2D eigenvalue weighted by molar-refractivity contribution is 0.0103. The number of piperazine rings is 1. The number of ether oxygens (including phenoxy) is 2. The first kappa shape index (κ1) is 19.3. The number of nitrogens with zero attached hydrogens (tertiary/aromatic N) is 3. The fraction of sp³-hybridized carbons (Fsp3) is 0.895. The second kappa shape index (κ2) is 8.46. The van der Waals surface area contributed by atoms with Crippen molar-refractivity contribution in [3.05, 3.63) is 0 Å². The Morgan fingerprint density at radius 3 is 2.92 bits per heavy atom. The molecule has 0 aromatic rings. The molecule has 7 nitrogen and oxygen atoms in total. The second-order valence-electron chi connectivity index (χ2n) is 8.50. The van der Waals surface area contributed by atoms with Crippen molar-refractivity contribution in [2.24, 2.45) is 4.99 Å². The van der Waals surface area contributed by atoms with Crippen molar-refractivity contribution in [1.82, 2.24) is 15.1 Å². The normalized spacial score (nSPS) is 26.3. The molecule has 3 heterocycles. The summed E-state index contributed by atoms with van der Waals surface area (Å²) in [6, 6.07) is 0.264. The van der Waals surface area contributed by atoms with E-state index in [0.29, 0.717) is 19.2 Å². The number of aliphatic imine (C=N–C) groups is 1. The molecule has 3 aliphatic heterocycles. The van der Waals surface area contributed by atoms with Gasteiger partial charge in [-0.2, -0.15) is 0 Å². The molecule has 3 rings (SSSR count). The SMILES string of the molecule is CC(C)(C)OC(=O)N1CCN2C(NCCCC3CCCCO3)=NCC2C1. The van der Waals surface area contributed by atoms with Crippen molar-refractivity contribution in [2.45, 2.75) is 70.6 Å². The van der Waals surface area contributed by atoms with Crippen molar-refractivity contribution >= 4 is 12.1 Å². The molecule has 0 radical (unpaired) electrons. The summed E-state index contributed by atoms with van der Waals surface area (Å²) >= 11 is 0. The summed E-state index contributed by atoms with van der Waals surface area (Å²) in [7, 11) is 0. The molecule has 0 bridgehead atoms. The Hall–Kier alpha value is -1.50. The summed E-state index contributed by atoms with van der Waals surface area (Å²) in [5.41, 5.74) is -0.449. The number of carbonyl (C=O) groups is 1. The zero-order chi connectivity index (χ0) is 18.6. The van der Waals surface area contributed by atoms with Crippen LogP contribution >= 0.6 is 0 Å². The van der Waals surface area contributed by atoms with Crippen LogP contribution in [0.15, 0.2) is 4.99 Å². The molecule has 0 saturated carbocycles. The Morgan fingerprint density at radius 1 is 1.35 bits per heavy atom. The van der Waals surface area contributed by atoms with Gasteiger partial charge in [0.05, 0.1) is 18.7 Å². The van der Waals surface area contributed by atoms with Crippen molar-refractivity contribution < 1.29 is 14.3 Å². The quantitative estimate of drug-likeness (QED) is 0.773. The van der Waals surface area contributed by atoms with E-state index in [1.54, 1.807) is 0 Å². The van der Waals surface area contributed by atoms with E-state index in [-0.39, 0.29) is 12.1 Å². The van der Waals surface area contributed by atoms with Crippen LogP contribution in [0.3, 0.4) is 0 Å². The van der Waals surface area contributed by atoms with Gasteiger partial charge in [-0.25, -0.2) is 4.79 Å². The van der Waals surface area contributed by atoms with Crippen LogP contribution in [0.1, 0.15) is 52.9 Å². The second-order valence-corrected chi connectivity index (χ2v) is 8.50. The predicted octanol–water partition coefficient (Wildman–Crippen LogP) is 2.22. The highest BCUT2D eigenvalue weighted by molar-refractivity contribution is 5.82. The summed E-state index contributed by atoms with van der Waals surface area (Å²) < 4.78 is 11.3. The van der Waals surface area contributed by atoms with E-state index in [9.17, 15) is 4.79 Å². The predicted molar refractivity (Wildman–Crippen MR) is 101 cm³/mol. The average Bonchev–Trinajstić information content (AvgIpc) is 3.00. The van der Waals surface area contributed by atoms with Crippen LogP contribution < -0.4 is 5.32 Å². The summed E-state index contributed by atoms with van der Waals surface area (Å²) in [4.78, 5) is 21.0. The van der Waals surface area contributed by atoms with Crippen molar-refractivity contribution in [3.8, 4) is 0 Å². The van der Waals surface area contributed by atoms with Gasteiger partial charge in [0.1, 0.15) is 5.60 Å². The number of amides is 1. The third kappa shape index (κ3) is 5.25. The van der Waals surface area contributed by atoms with Crippen molar-refractivity contribution in [2.75, 3.05) is 39.3 Å². The van der Waals surface area contributed by atoms with Crippen molar-refractivity contribution in [3.63, 3.8) is 0 Å². The van der Waals surface area contributed by atoms with E-state index in [0.717, 1.165) is 45.0 Å². The molecule has 7 heteroatoms. The van der Waals surface area contributed by atoms with E-state index < -0.39 is 5.60 Å². The maximum absolute atomic E-state index is 12.3. The average molecular weight is 367 g/mol. The lowest BCUT2D eigenvalue weighted by atomic mass is 10.0. The fourth-order valence-electron chi connectivity index (χ4n) is 3.79. The first-order valence-corrected chi connectivity index (χ1v) is 10.1. The molecule has 0 aromatic heterocycles. The lowest BCUT2D eigenvalue weighted by Crippen LogP contribution is -2.57. The van der Waals surface area contributed by atoms with Crippen LogP contribution in [0, 0.1) is 0 Å². The van der Waals surface area contributed by atoms with Gasteiger partial charge < -0.3 is 24.6 Å². The molecule has 0 aromatic carbocycles. The molecule has 1 amide bonds. The fourth-order valence-corrected chi connectivity index (χ4v) is 3.79. The molecule has 26 heavy (non-hydrogen) atoms. The molecule has 0 spiro atoms. The topological polar surface area (TPSA) is 66.4 Å². The van der Waals surface area contributed by atoms with E-state index in [1.165, 1.54) is 19.3 Å². The molecule has 2 atom stereocenters. The molecule has 0 aliphatic carbocycles. The van der Waals surface area contributed by atoms with E-state index in [2.05, 4.69) is 15.2 Å². The standard InChI is InChI=1S/C19H34N4O3/c1-19(2,3)26-18(24)22-10-11-23-15(14-22)13-21-17(23)20-9-6-8-16-7-4-5-12-25-16/h15-16H,4-14H2,1-3H3,(H,20,21). The highest BCUT2D eigenvalue weighted by atomic mass is 16.6. The van der Waals surface area contributed by atoms with Gasteiger partial charge in [0.25, 0.3) is 0 Å². The van der Waals surface area contributed by atoms with Gasteiger partial charge in [-0.3, -0.25) is 4.99 Å². The number of hydrogen-bond acceptors (Lipinski definition) is 6. The minimum absolute atomic E-state index is 0.217. The van der Waals surface area contributed by atoms with Crippen LogP contribution in [0.25, 0.3) is 0 Å². The van der Waals surface area contributed by atoms with Gasteiger partial charge in [-0.15, -0.1) is 0 Å². The summed E-state index contributed by atoms with van der Waals surface area (Å²) in [6.07, 6.45) is 6.17. The Balaban J connectivity index is 1.37. The van der Waals surface area contributed by atoms with Gasteiger partial charge in [-0.05, 0) is 52.9 Å². The molecule has 2 saturated heterocycles. The summed E-state index contributed by atoms with van der Waals surface area (Å²) in [5, 5.41) is 3.49. The molecular weight excluding hydrogens is 332 g/mol. The molecule has 148 valence electrons. The maximum Gasteiger partial charge on any atom is 0.410 e. The minimum Gasteiger partial charge on any atom is -0.444 e. The molecule has 1 N–H and O–H groups in total. The number of hydrogen-bond donors (Lipinski definition) is 1. The zero-order valence-corrected chi connectivity index (χ0v) is 16.5. The molecular formula is C19H34N4O3. The number of guanidine groups is 1. The van der Waals surface area contributed by atoms with Crippen LogP contribution in [-0.2, 0) is 9.47 Å². The van der Waals surface area contributed by atoms with E-state index in [1.807, 2.05) is 25.7 Å². The zero-order valence-electron chi connectivity index (χ0n) is 16.5. The Kier molecular flexibility index (Phi) is 6.27. The monoisotopic (exact) mass is 366 g/mol. The van der Waals surface area contributed by atoms with Gasteiger partial charge >= 0.3 is 6.09 Å². The Morgan fingerprint density at radius 2 is 2.19 bits per heavy atom. The minimum atomic E-state index is -0.449. The highest BCUT2D eigenvalue weighted by Gasteiger charge is 2.36. The van der Waals surface area contributed by atoms with Gasteiger partial charge in [0.15, 0.2) is 5.96 Å². The Labute approximate surface area is 157 Å².